The van der Waals surface area contributed by atoms with E-state index in [2.05, 4.69) is 25.3 Å². The molecule has 0 spiro atoms. The van der Waals surface area contributed by atoms with Gasteiger partial charge in [0.2, 0.25) is 0 Å². The summed E-state index contributed by atoms with van der Waals surface area (Å²) in [6.45, 7) is 6.22. The number of nitrogens with zero attached hydrogens (tertiary/aromatic N) is 4. The van der Waals surface area contributed by atoms with Gasteiger partial charge in [0, 0.05) is 56.0 Å². The fourth-order valence-electron chi connectivity index (χ4n) is 5.52. The van der Waals surface area contributed by atoms with Gasteiger partial charge in [0.15, 0.2) is 5.82 Å². The number of anilines is 1. The molecule has 1 atom stereocenters. The van der Waals surface area contributed by atoms with Crippen LogP contribution in [-0.4, -0.2) is 81.6 Å². The zero-order chi connectivity index (χ0) is 22.8. The first kappa shape index (κ1) is 22.5. The lowest BCUT2D eigenvalue weighted by Crippen LogP contribution is -2.46. The SMILES string of the molecule is Oc1cc(F)ccc1-c1nnc(N[C@@H]2CCCN(CCN3CCC(O)CC3)C2)c2c1CCC2. The summed E-state index contributed by atoms with van der Waals surface area (Å²) in [5.74, 6) is 0.314. The standard InChI is InChI=1S/C25H34FN5O2/c26-17-6-7-22(23(33)15-17)24-20-4-1-5-21(20)25(29-28-24)27-18-3-2-10-31(16-18)14-13-30-11-8-19(32)9-12-30/h6-7,15,18-19,32-33H,1-5,8-14,16H2,(H,27,29)/t18-/m1/s1. The van der Waals surface area contributed by atoms with Crippen LogP contribution in [-0.2, 0) is 12.8 Å². The summed E-state index contributed by atoms with van der Waals surface area (Å²) < 4.78 is 13.4. The predicted octanol–water partition coefficient (Wildman–Crippen LogP) is 2.81. The van der Waals surface area contributed by atoms with Gasteiger partial charge in [-0.1, -0.05) is 0 Å². The molecule has 3 aliphatic rings. The molecule has 1 aromatic heterocycles. The maximum atomic E-state index is 13.4. The zero-order valence-corrected chi connectivity index (χ0v) is 19.1. The molecule has 2 saturated heterocycles. The Bertz CT molecular complexity index is 980. The molecule has 5 rings (SSSR count). The number of rotatable bonds is 6. The van der Waals surface area contributed by atoms with Crippen LogP contribution in [0.4, 0.5) is 10.2 Å². The first-order valence-corrected chi connectivity index (χ1v) is 12.3. The van der Waals surface area contributed by atoms with Gasteiger partial charge in [0.1, 0.15) is 17.3 Å². The number of hydrogen-bond donors (Lipinski definition) is 3. The van der Waals surface area contributed by atoms with E-state index in [4.69, 9.17) is 0 Å². The van der Waals surface area contributed by atoms with Crippen molar-refractivity contribution >= 4 is 5.82 Å². The molecule has 8 heteroatoms. The van der Waals surface area contributed by atoms with Crippen LogP contribution in [0.5, 0.6) is 5.75 Å². The van der Waals surface area contributed by atoms with E-state index in [1.165, 1.54) is 11.6 Å². The Labute approximate surface area is 194 Å². The number of aliphatic hydroxyl groups is 1. The van der Waals surface area contributed by atoms with Crippen LogP contribution in [0.3, 0.4) is 0 Å². The fraction of sp³-hybridized carbons (Fsp3) is 0.600. The summed E-state index contributed by atoms with van der Waals surface area (Å²) in [6.07, 6.45) is 6.81. The Hall–Kier alpha value is -2.29. The molecule has 2 fully saturated rings. The van der Waals surface area contributed by atoms with Gasteiger partial charge in [-0.25, -0.2) is 4.39 Å². The number of benzene rings is 1. The number of aromatic hydroxyl groups is 1. The molecular weight excluding hydrogens is 421 g/mol. The number of piperidine rings is 2. The number of aliphatic hydroxyl groups excluding tert-OH is 1. The minimum absolute atomic E-state index is 0.0924. The van der Waals surface area contributed by atoms with Gasteiger partial charge in [-0.05, 0) is 69.2 Å². The molecule has 33 heavy (non-hydrogen) atoms. The van der Waals surface area contributed by atoms with Crippen LogP contribution >= 0.6 is 0 Å². The van der Waals surface area contributed by atoms with Crippen LogP contribution < -0.4 is 5.32 Å². The van der Waals surface area contributed by atoms with Crippen LogP contribution in [0.15, 0.2) is 18.2 Å². The molecule has 3 heterocycles. The van der Waals surface area contributed by atoms with Crippen molar-refractivity contribution in [3.63, 3.8) is 0 Å². The number of likely N-dealkylation sites (tertiary alicyclic amines) is 2. The number of nitrogens with one attached hydrogen (secondary N) is 1. The molecule has 0 bridgehead atoms. The monoisotopic (exact) mass is 455 g/mol. The molecule has 7 nitrogen and oxygen atoms in total. The van der Waals surface area contributed by atoms with E-state index in [9.17, 15) is 14.6 Å². The van der Waals surface area contributed by atoms with Gasteiger partial charge in [0.05, 0.1) is 6.10 Å². The van der Waals surface area contributed by atoms with Crippen molar-refractivity contribution in [2.75, 3.05) is 44.6 Å². The average molecular weight is 456 g/mol. The lowest BCUT2D eigenvalue weighted by Gasteiger charge is -2.36. The number of hydrogen-bond acceptors (Lipinski definition) is 7. The van der Waals surface area contributed by atoms with Gasteiger partial charge >= 0.3 is 0 Å². The molecule has 3 N–H and O–H groups in total. The van der Waals surface area contributed by atoms with Gasteiger partial charge < -0.3 is 25.3 Å². The van der Waals surface area contributed by atoms with Crippen LogP contribution in [0.25, 0.3) is 11.3 Å². The summed E-state index contributed by atoms with van der Waals surface area (Å²) in [5.41, 5.74) is 3.52. The molecule has 0 radical (unpaired) electrons. The van der Waals surface area contributed by atoms with Crippen molar-refractivity contribution in [2.24, 2.45) is 0 Å². The van der Waals surface area contributed by atoms with E-state index >= 15 is 0 Å². The molecule has 2 aromatic rings. The smallest absolute Gasteiger partial charge is 0.152 e. The van der Waals surface area contributed by atoms with Gasteiger partial charge in [-0.3, -0.25) is 0 Å². The molecule has 0 saturated carbocycles. The second-order valence-electron chi connectivity index (χ2n) is 9.73. The largest absolute Gasteiger partial charge is 0.507 e. The summed E-state index contributed by atoms with van der Waals surface area (Å²) >= 11 is 0. The molecule has 0 unspecified atom stereocenters. The van der Waals surface area contributed by atoms with Crippen molar-refractivity contribution in [3.8, 4) is 17.0 Å². The lowest BCUT2D eigenvalue weighted by atomic mass is 10.0. The van der Waals surface area contributed by atoms with E-state index in [1.807, 2.05) is 0 Å². The lowest BCUT2D eigenvalue weighted by molar-refractivity contribution is 0.0746. The average Bonchev–Trinajstić information content (AvgIpc) is 3.30. The van der Waals surface area contributed by atoms with E-state index < -0.39 is 5.82 Å². The highest BCUT2D eigenvalue weighted by atomic mass is 19.1. The van der Waals surface area contributed by atoms with Gasteiger partial charge in [0.25, 0.3) is 0 Å². The molecule has 0 amide bonds. The van der Waals surface area contributed by atoms with Gasteiger partial charge in [-0.15, -0.1) is 10.2 Å². The van der Waals surface area contributed by atoms with Crippen LogP contribution in [0.2, 0.25) is 0 Å². The molecule has 2 aliphatic heterocycles. The van der Waals surface area contributed by atoms with E-state index in [0.717, 1.165) is 102 Å². The number of phenolic OH excluding ortho intramolecular Hbond substituents is 1. The predicted molar refractivity (Wildman–Crippen MR) is 126 cm³/mol. The number of fused-ring (bicyclic) bond motifs is 1. The maximum absolute atomic E-state index is 13.4. The first-order chi connectivity index (χ1) is 16.1. The third-order valence-electron chi connectivity index (χ3n) is 7.39. The second kappa shape index (κ2) is 9.91. The number of phenols is 1. The van der Waals surface area contributed by atoms with Crippen molar-refractivity contribution in [3.05, 3.63) is 35.1 Å². The fourth-order valence-corrected chi connectivity index (χ4v) is 5.52. The number of aromatic nitrogens is 2. The van der Waals surface area contributed by atoms with E-state index in [0.29, 0.717) is 17.3 Å². The zero-order valence-electron chi connectivity index (χ0n) is 19.1. The van der Waals surface area contributed by atoms with Crippen LogP contribution in [0, 0.1) is 5.82 Å². The minimum Gasteiger partial charge on any atom is -0.507 e. The molecular formula is C25H34FN5O2. The summed E-state index contributed by atoms with van der Waals surface area (Å²) in [4.78, 5) is 5.00. The van der Waals surface area contributed by atoms with E-state index in [1.54, 1.807) is 6.07 Å². The summed E-state index contributed by atoms with van der Waals surface area (Å²) in [7, 11) is 0. The third-order valence-corrected chi connectivity index (χ3v) is 7.39. The Morgan fingerprint density at radius 2 is 1.76 bits per heavy atom. The summed E-state index contributed by atoms with van der Waals surface area (Å²) in [5, 5.41) is 32.6. The number of halogens is 1. The normalized spacial score (nSPS) is 22.4. The van der Waals surface area contributed by atoms with Crippen molar-refractivity contribution in [2.45, 2.75) is 57.1 Å². The molecule has 1 aliphatic carbocycles. The quantitative estimate of drug-likeness (QED) is 0.618. The molecule has 178 valence electrons. The van der Waals surface area contributed by atoms with Gasteiger partial charge in [-0.2, -0.15) is 0 Å². The topological polar surface area (TPSA) is 84.8 Å². The molecule has 1 aromatic carbocycles. The Morgan fingerprint density at radius 1 is 0.970 bits per heavy atom. The van der Waals surface area contributed by atoms with Crippen molar-refractivity contribution in [1.29, 1.82) is 0 Å². The van der Waals surface area contributed by atoms with Crippen molar-refractivity contribution < 1.29 is 14.6 Å². The maximum Gasteiger partial charge on any atom is 0.152 e. The Balaban J connectivity index is 1.24. The second-order valence-corrected chi connectivity index (χ2v) is 9.73. The van der Waals surface area contributed by atoms with Crippen molar-refractivity contribution in [1.82, 2.24) is 20.0 Å². The van der Waals surface area contributed by atoms with E-state index in [-0.39, 0.29) is 11.9 Å². The Kier molecular flexibility index (Phi) is 6.76. The summed E-state index contributed by atoms with van der Waals surface area (Å²) in [6, 6.07) is 4.41. The first-order valence-electron chi connectivity index (χ1n) is 12.3. The highest BCUT2D eigenvalue weighted by molar-refractivity contribution is 5.73. The minimum atomic E-state index is -0.459. The van der Waals surface area contributed by atoms with Crippen LogP contribution in [0.1, 0.15) is 43.2 Å². The highest BCUT2D eigenvalue weighted by Crippen LogP contribution is 2.37. The Morgan fingerprint density at radius 3 is 2.58 bits per heavy atom. The third kappa shape index (κ3) is 5.13. The highest BCUT2D eigenvalue weighted by Gasteiger charge is 2.27.